The highest BCUT2D eigenvalue weighted by molar-refractivity contribution is 4.91. The zero-order valence-electron chi connectivity index (χ0n) is 11.0. The Morgan fingerprint density at radius 1 is 1.00 bits per heavy atom. The quantitative estimate of drug-likeness (QED) is 0.702. The molecule has 2 aliphatic carbocycles. The number of fused-ring (bicyclic) bond motifs is 1. The number of nitrogens with one attached hydrogen (secondary N) is 1. The van der Waals surface area contributed by atoms with Crippen LogP contribution in [0.15, 0.2) is 0 Å². The van der Waals surface area contributed by atoms with Crippen molar-refractivity contribution in [1.82, 2.24) is 5.32 Å². The van der Waals surface area contributed by atoms with Crippen LogP contribution in [-0.2, 0) is 0 Å². The molecule has 3 heteroatoms. The lowest BCUT2D eigenvalue weighted by molar-refractivity contribution is 0.0685. The van der Waals surface area contributed by atoms with E-state index in [0.717, 1.165) is 11.8 Å². The molecule has 0 aliphatic heterocycles. The van der Waals surface area contributed by atoms with E-state index in [1.54, 1.807) is 0 Å². The van der Waals surface area contributed by atoms with Crippen molar-refractivity contribution in [2.24, 2.45) is 11.8 Å². The summed E-state index contributed by atoms with van der Waals surface area (Å²) < 4.78 is 0. The van der Waals surface area contributed by atoms with Crippen molar-refractivity contribution in [1.29, 1.82) is 0 Å². The van der Waals surface area contributed by atoms with Crippen LogP contribution in [0.4, 0.5) is 0 Å². The largest absolute Gasteiger partial charge is 0.394 e. The van der Waals surface area contributed by atoms with Crippen LogP contribution in [0.1, 0.15) is 51.9 Å². The van der Waals surface area contributed by atoms with Gasteiger partial charge in [0.1, 0.15) is 0 Å². The molecule has 2 saturated carbocycles. The van der Waals surface area contributed by atoms with Gasteiger partial charge in [-0.15, -0.1) is 0 Å². The minimum atomic E-state index is -0.508. The third kappa shape index (κ3) is 3.21. The van der Waals surface area contributed by atoms with E-state index in [1.165, 1.54) is 44.9 Å². The van der Waals surface area contributed by atoms with Gasteiger partial charge < -0.3 is 15.5 Å². The molecule has 2 fully saturated rings. The van der Waals surface area contributed by atoms with E-state index in [-0.39, 0.29) is 13.2 Å². The molecule has 0 saturated heterocycles. The fraction of sp³-hybridized carbons (Fsp3) is 1.00. The highest BCUT2D eigenvalue weighted by Crippen LogP contribution is 2.40. The standard InChI is InChI=1S/C14H27NO2/c1-14(9-16,10-17)15-13-7-6-11-4-2-3-5-12(11)8-13/h11-13,15-17H,2-10H2,1H3. The molecule has 0 amide bonds. The second kappa shape index (κ2) is 5.68. The highest BCUT2D eigenvalue weighted by atomic mass is 16.3. The van der Waals surface area contributed by atoms with Gasteiger partial charge >= 0.3 is 0 Å². The van der Waals surface area contributed by atoms with Crippen LogP contribution in [-0.4, -0.2) is 35.0 Å². The van der Waals surface area contributed by atoms with Crippen molar-refractivity contribution in [2.45, 2.75) is 63.5 Å². The summed E-state index contributed by atoms with van der Waals surface area (Å²) in [5, 5.41) is 22.1. The smallest absolute Gasteiger partial charge is 0.0633 e. The molecule has 0 aromatic rings. The molecule has 2 aliphatic rings. The molecule has 2 rings (SSSR count). The van der Waals surface area contributed by atoms with Crippen LogP contribution in [0.5, 0.6) is 0 Å². The molecule has 17 heavy (non-hydrogen) atoms. The van der Waals surface area contributed by atoms with Crippen molar-refractivity contribution in [3.63, 3.8) is 0 Å². The first kappa shape index (κ1) is 13.3. The Bertz CT molecular complexity index is 240. The summed E-state index contributed by atoms with van der Waals surface area (Å²) in [6, 6.07) is 0.485. The lowest BCUT2D eigenvalue weighted by Gasteiger charge is -2.42. The van der Waals surface area contributed by atoms with Crippen LogP contribution in [0, 0.1) is 11.8 Å². The molecule has 3 unspecified atom stereocenters. The average Bonchev–Trinajstić information content (AvgIpc) is 2.38. The third-order valence-corrected chi connectivity index (χ3v) is 4.79. The predicted molar refractivity (Wildman–Crippen MR) is 68.8 cm³/mol. The Hall–Kier alpha value is -0.120. The van der Waals surface area contributed by atoms with Crippen molar-refractivity contribution in [3.05, 3.63) is 0 Å². The van der Waals surface area contributed by atoms with Crippen LogP contribution in [0.2, 0.25) is 0 Å². The second-order valence-corrected chi connectivity index (χ2v) is 6.34. The Morgan fingerprint density at radius 2 is 1.65 bits per heavy atom. The van der Waals surface area contributed by atoms with E-state index in [1.807, 2.05) is 6.92 Å². The maximum Gasteiger partial charge on any atom is 0.0633 e. The van der Waals surface area contributed by atoms with Crippen molar-refractivity contribution < 1.29 is 10.2 Å². The van der Waals surface area contributed by atoms with E-state index in [2.05, 4.69) is 5.32 Å². The molecular formula is C14H27NO2. The molecule has 0 aromatic heterocycles. The molecule has 0 spiro atoms. The number of hydrogen-bond acceptors (Lipinski definition) is 3. The van der Waals surface area contributed by atoms with Crippen molar-refractivity contribution >= 4 is 0 Å². The molecule has 0 radical (unpaired) electrons. The summed E-state index contributed by atoms with van der Waals surface area (Å²) in [6.45, 7) is 1.92. The average molecular weight is 241 g/mol. The van der Waals surface area contributed by atoms with E-state index in [4.69, 9.17) is 0 Å². The molecule has 0 aromatic carbocycles. The van der Waals surface area contributed by atoms with Crippen molar-refractivity contribution in [3.8, 4) is 0 Å². The van der Waals surface area contributed by atoms with Gasteiger partial charge in [0.2, 0.25) is 0 Å². The minimum Gasteiger partial charge on any atom is -0.394 e. The Kier molecular flexibility index (Phi) is 4.45. The van der Waals surface area contributed by atoms with Crippen LogP contribution in [0.3, 0.4) is 0 Å². The SMILES string of the molecule is CC(CO)(CO)NC1CCC2CCCCC2C1. The lowest BCUT2D eigenvalue weighted by Crippen LogP contribution is -2.55. The van der Waals surface area contributed by atoms with Gasteiger partial charge in [-0.05, 0) is 38.0 Å². The maximum atomic E-state index is 9.33. The summed E-state index contributed by atoms with van der Waals surface area (Å²) in [6.07, 6.45) is 9.40. The van der Waals surface area contributed by atoms with Gasteiger partial charge in [0.15, 0.2) is 0 Å². The summed E-state index contributed by atoms with van der Waals surface area (Å²) >= 11 is 0. The van der Waals surface area contributed by atoms with Crippen LogP contribution in [0.25, 0.3) is 0 Å². The van der Waals surface area contributed by atoms with Gasteiger partial charge in [0.05, 0.1) is 18.8 Å². The number of rotatable bonds is 4. The van der Waals surface area contributed by atoms with Crippen LogP contribution >= 0.6 is 0 Å². The Morgan fingerprint density at radius 3 is 2.29 bits per heavy atom. The van der Waals surface area contributed by atoms with E-state index < -0.39 is 5.54 Å². The van der Waals surface area contributed by atoms with Gasteiger partial charge in [0, 0.05) is 6.04 Å². The fourth-order valence-corrected chi connectivity index (χ4v) is 3.64. The normalized spacial score (nSPS) is 34.4. The first-order valence-electron chi connectivity index (χ1n) is 7.16. The molecule has 0 heterocycles. The van der Waals surface area contributed by atoms with E-state index in [0.29, 0.717) is 6.04 Å². The monoisotopic (exact) mass is 241 g/mol. The number of aliphatic hydroxyl groups excluding tert-OH is 2. The minimum absolute atomic E-state index is 0.00803. The zero-order valence-corrected chi connectivity index (χ0v) is 11.0. The summed E-state index contributed by atoms with van der Waals surface area (Å²) in [4.78, 5) is 0. The van der Waals surface area contributed by atoms with Gasteiger partial charge in [-0.3, -0.25) is 0 Å². The van der Waals surface area contributed by atoms with Crippen molar-refractivity contribution in [2.75, 3.05) is 13.2 Å². The predicted octanol–water partition coefficient (Wildman–Crippen LogP) is 1.68. The van der Waals surface area contributed by atoms with E-state index >= 15 is 0 Å². The Balaban J connectivity index is 1.87. The number of hydrogen-bond donors (Lipinski definition) is 3. The molecular weight excluding hydrogens is 214 g/mol. The molecule has 3 atom stereocenters. The summed E-state index contributed by atoms with van der Waals surface area (Å²) in [7, 11) is 0. The van der Waals surface area contributed by atoms with Crippen LogP contribution < -0.4 is 5.32 Å². The molecule has 3 nitrogen and oxygen atoms in total. The topological polar surface area (TPSA) is 52.5 Å². The third-order valence-electron chi connectivity index (χ3n) is 4.79. The first-order valence-corrected chi connectivity index (χ1v) is 7.16. The number of aliphatic hydroxyl groups is 2. The maximum absolute atomic E-state index is 9.33. The molecule has 100 valence electrons. The second-order valence-electron chi connectivity index (χ2n) is 6.34. The summed E-state index contributed by atoms with van der Waals surface area (Å²) in [5.74, 6) is 1.84. The van der Waals surface area contributed by atoms with Gasteiger partial charge in [-0.1, -0.05) is 25.7 Å². The summed E-state index contributed by atoms with van der Waals surface area (Å²) in [5.41, 5.74) is -0.508. The molecule has 3 N–H and O–H groups in total. The Labute approximate surface area is 105 Å². The lowest BCUT2D eigenvalue weighted by atomic mass is 9.69. The fourth-order valence-electron chi connectivity index (χ4n) is 3.64. The van der Waals surface area contributed by atoms with Gasteiger partial charge in [-0.25, -0.2) is 0 Å². The molecule has 0 bridgehead atoms. The first-order chi connectivity index (χ1) is 8.17. The zero-order chi connectivity index (χ0) is 12.3. The van der Waals surface area contributed by atoms with Gasteiger partial charge in [-0.2, -0.15) is 0 Å². The van der Waals surface area contributed by atoms with Gasteiger partial charge in [0.25, 0.3) is 0 Å². The van der Waals surface area contributed by atoms with E-state index in [9.17, 15) is 10.2 Å². The highest BCUT2D eigenvalue weighted by Gasteiger charge is 2.34.